The SMILES string of the molecule is Cc1cccc(Oc2cc(Br)ccc2C(N)=S)c1. The maximum Gasteiger partial charge on any atom is 0.138 e. The van der Waals surface area contributed by atoms with Crippen LogP contribution in [-0.2, 0) is 0 Å². The van der Waals surface area contributed by atoms with E-state index >= 15 is 0 Å². The van der Waals surface area contributed by atoms with E-state index in [-0.39, 0.29) is 0 Å². The van der Waals surface area contributed by atoms with Crippen LogP contribution < -0.4 is 10.5 Å². The molecule has 92 valence electrons. The highest BCUT2D eigenvalue weighted by atomic mass is 79.9. The van der Waals surface area contributed by atoms with Gasteiger partial charge in [0, 0.05) is 4.47 Å². The highest BCUT2D eigenvalue weighted by Crippen LogP contribution is 2.29. The largest absolute Gasteiger partial charge is 0.457 e. The number of hydrogen-bond donors (Lipinski definition) is 1. The molecule has 0 saturated carbocycles. The third kappa shape index (κ3) is 3.09. The standard InChI is InChI=1S/C14H12BrNOS/c1-9-3-2-4-11(7-9)17-13-8-10(15)5-6-12(13)14(16)18/h2-8H,1H3,(H2,16,18). The van der Waals surface area contributed by atoms with Gasteiger partial charge in [0.1, 0.15) is 16.5 Å². The van der Waals surface area contributed by atoms with Crippen LogP contribution in [0.1, 0.15) is 11.1 Å². The van der Waals surface area contributed by atoms with Crippen molar-refractivity contribution in [2.75, 3.05) is 0 Å². The molecule has 0 bridgehead atoms. The molecule has 18 heavy (non-hydrogen) atoms. The summed E-state index contributed by atoms with van der Waals surface area (Å²) in [5.74, 6) is 1.42. The third-order valence-electron chi connectivity index (χ3n) is 2.43. The minimum Gasteiger partial charge on any atom is -0.457 e. The van der Waals surface area contributed by atoms with E-state index in [4.69, 9.17) is 22.7 Å². The molecule has 0 aliphatic carbocycles. The summed E-state index contributed by atoms with van der Waals surface area (Å²) in [7, 11) is 0. The maximum absolute atomic E-state index is 5.83. The van der Waals surface area contributed by atoms with Crippen molar-refractivity contribution in [2.45, 2.75) is 6.92 Å². The summed E-state index contributed by atoms with van der Waals surface area (Å²) < 4.78 is 6.76. The fourth-order valence-electron chi connectivity index (χ4n) is 1.59. The molecule has 0 aliphatic heterocycles. The quantitative estimate of drug-likeness (QED) is 0.861. The Morgan fingerprint density at radius 1 is 1.22 bits per heavy atom. The average molecular weight is 322 g/mol. The van der Waals surface area contributed by atoms with Gasteiger partial charge in [-0.05, 0) is 42.8 Å². The van der Waals surface area contributed by atoms with Crippen molar-refractivity contribution in [3.63, 3.8) is 0 Å². The molecule has 0 amide bonds. The van der Waals surface area contributed by atoms with Gasteiger partial charge in [0.05, 0.1) is 5.56 Å². The second-order valence-electron chi connectivity index (χ2n) is 3.92. The molecule has 0 spiro atoms. The highest BCUT2D eigenvalue weighted by Gasteiger charge is 2.08. The molecule has 0 saturated heterocycles. The molecule has 0 aliphatic rings. The van der Waals surface area contributed by atoms with Gasteiger partial charge >= 0.3 is 0 Å². The van der Waals surface area contributed by atoms with Crippen LogP contribution in [0.4, 0.5) is 0 Å². The highest BCUT2D eigenvalue weighted by molar-refractivity contribution is 9.10. The number of benzene rings is 2. The lowest BCUT2D eigenvalue weighted by Crippen LogP contribution is -2.10. The second-order valence-corrected chi connectivity index (χ2v) is 5.28. The normalized spacial score (nSPS) is 10.1. The van der Waals surface area contributed by atoms with Crippen molar-refractivity contribution in [3.05, 3.63) is 58.1 Å². The van der Waals surface area contributed by atoms with Crippen LogP contribution in [0.25, 0.3) is 0 Å². The Bertz CT molecular complexity index is 598. The first kappa shape index (κ1) is 13.1. The van der Waals surface area contributed by atoms with Gasteiger partial charge in [-0.3, -0.25) is 0 Å². The topological polar surface area (TPSA) is 35.2 Å². The van der Waals surface area contributed by atoms with E-state index in [2.05, 4.69) is 15.9 Å². The lowest BCUT2D eigenvalue weighted by molar-refractivity contribution is 0.481. The number of aryl methyl sites for hydroxylation is 1. The van der Waals surface area contributed by atoms with Crippen molar-refractivity contribution in [1.29, 1.82) is 0 Å². The molecule has 0 unspecified atom stereocenters. The lowest BCUT2D eigenvalue weighted by atomic mass is 10.2. The van der Waals surface area contributed by atoms with Gasteiger partial charge in [0.2, 0.25) is 0 Å². The fourth-order valence-corrected chi connectivity index (χ4v) is 2.10. The van der Waals surface area contributed by atoms with Gasteiger partial charge in [0.15, 0.2) is 0 Å². The molecular weight excluding hydrogens is 310 g/mol. The first-order valence-electron chi connectivity index (χ1n) is 5.40. The molecule has 2 rings (SSSR count). The van der Waals surface area contributed by atoms with E-state index in [1.54, 1.807) is 0 Å². The Kier molecular flexibility index (Phi) is 3.99. The number of hydrogen-bond acceptors (Lipinski definition) is 2. The lowest BCUT2D eigenvalue weighted by Gasteiger charge is -2.11. The molecule has 0 radical (unpaired) electrons. The van der Waals surface area contributed by atoms with Crippen LogP contribution in [0.2, 0.25) is 0 Å². The van der Waals surface area contributed by atoms with Gasteiger partial charge < -0.3 is 10.5 Å². The Morgan fingerprint density at radius 2 is 2.00 bits per heavy atom. The zero-order valence-electron chi connectivity index (χ0n) is 9.81. The molecule has 2 aromatic carbocycles. The number of ether oxygens (including phenoxy) is 1. The molecule has 2 nitrogen and oxygen atoms in total. The van der Waals surface area contributed by atoms with Gasteiger partial charge in [0.25, 0.3) is 0 Å². The summed E-state index contributed by atoms with van der Waals surface area (Å²) in [5.41, 5.74) is 7.55. The number of thiocarbonyl (C=S) groups is 1. The third-order valence-corrected chi connectivity index (χ3v) is 3.14. The van der Waals surface area contributed by atoms with Crippen LogP contribution in [0.3, 0.4) is 0 Å². The minimum atomic E-state index is 0.324. The Hall–Kier alpha value is -1.39. The molecule has 0 aromatic heterocycles. The van der Waals surface area contributed by atoms with Crippen molar-refractivity contribution < 1.29 is 4.74 Å². The second kappa shape index (κ2) is 5.50. The molecular formula is C14H12BrNOS. The van der Waals surface area contributed by atoms with Gasteiger partial charge in [-0.25, -0.2) is 0 Å². The van der Waals surface area contributed by atoms with Gasteiger partial charge in [-0.2, -0.15) is 0 Å². The summed E-state index contributed by atoms with van der Waals surface area (Å²) in [6.07, 6.45) is 0. The summed E-state index contributed by atoms with van der Waals surface area (Å²) in [6.45, 7) is 2.02. The Balaban J connectivity index is 2.39. The van der Waals surface area contributed by atoms with Crippen LogP contribution in [-0.4, -0.2) is 4.99 Å². The van der Waals surface area contributed by atoms with E-state index in [0.29, 0.717) is 10.7 Å². The summed E-state index contributed by atoms with van der Waals surface area (Å²) >= 11 is 8.43. The first-order chi connectivity index (χ1) is 8.56. The average Bonchev–Trinajstić information content (AvgIpc) is 2.28. The Morgan fingerprint density at radius 3 is 2.67 bits per heavy atom. The van der Waals surface area contributed by atoms with Gasteiger partial charge in [-0.1, -0.05) is 40.3 Å². The zero-order chi connectivity index (χ0) is 13.1. The van der Waals surface area contributed by atoms with Crippen molar-refractivity contribution in [3.8, 4) is 11.5 Å². The van der Waals surface area contributed by atoms with Crippen LogP contribution in [0.5, 0.6) is 11.5 Å². The van der Waals surface area contributed by atoms with E-state index < -0.39 is 0 Å². The molecule has 2 aromatic rings. The number of nitrogens with two attached hydrogens (primary N) is 1. The smallest absolute Gasteiger partial charge is 0.138 e. The van der Waals surface area contributed by atoms with Crippen molar-refractivity contribution in [1.82, 2.24) is 0 Å². The van der Waals surface area contributed by atoms with Crippen molar-refractivity contribution in [2.24, 2.45) is 5.73 Å². The van der Waals surface area contributed by atoms with E-state index in [9.17, 15) is 0 Å². The zero-order valence-corrected chi connectivity index (χ0v) is 12.2. The fraction of sp³-hybridized carbons (Fsp3) is 0.0714. The summed E-state index contributed by atoms with van der Waals surface area (Å²) in [5, 5.41) is 0. The van der Waals surface area contributed by atoms with E-state index in [1.165, 1.54) is 0 Å². The van der Waals surface area contributed by atoms with Crippen LogP contribution >= 0.6 is 28.1 Å². The minimum absolute atomic E-state index is 0.324. The van der Waals surface area contributed by atoms with Crippen molar-refractivity contribution >= 4 is 33.1 Å². The Labute approximate surface area is 120 Å². The maximum atomic E-state index is 5.83. The summed E-state index contributed by atoms with van der Waals surface area (Å²) in [4.78, 5) is 0.324. The summed E-state index contributed by atoms with van der Waals surface area (Å²) in [6, 6.07) is 13.4. The van der Waals surface area contributed by atoms with Gasteiger partial charge in [-0.15, -0.1) is 0 Å². The molecule has 4 heteroatoms. The molecule has 2 N–H and O–H groups in total. The number of rotatable bonds is 3. The predicted octanol–water partition coefficient (Wildman–Crippen LogP) is 4.18. The van der Waals surface area contributed by atoms with Crippen LogP contribution in [0.15, 0.2) is 46.9 Å². The first-order valence-corrected chi connectivity index (χ1v) is 6.60. The van der Waals surface area contributed by atoms with E-state index in [0.717, 1.165) is 21.3 Å². The van der Waals surface area contributed by atoms with E-state index in [1.807, 2.05) is 49.4 Å². The van der Waals surface area contributed by atoms with Crippen LogP contribution in [0, 0.1) is 6.92 Å². The monoisotopic (exact) mass is 321 g/mol. The number of halogens is 1. The molecule has 0 atom stereocenters. The molecule has 0 fully saturated rings. The molecule has 0 heterocycles. The predicted molar refractivity (Wildman–Crippen MR) is 81.3 cm³/mol.